The molecular formula is C19H15N7O4S2. The Labute approximate surface area is 186 Å². The van der Waals surface area contributed by atoms with E-state index in [0.717, 1.165) is 16.3 Å². The van der Waals surface area contributed by atoms with E-state index in [1.165, 1.54) is 55.0 Å². The van der Waals surface area contributed by atoms with Crippen LogP contribution in [-0.4, -0.2) is 47.0 Å². The van der Waals surface area contributed by atoms with Gasteiger partial charge in [0, 0.05) is 29.5 Å². The number of rotatable bonds is 6. The summed E-state index contributed by atoms with van der Waals surface area (Å²) in [7, 11) is -3.79. The minimum atomic E-state index is -3.79. The molecule has 13 heteroatoms. The van der Waals surface area contributed by atoms with Gasteiger partial charge in [0.05, 0.1) is 16.3 Å². The summed E-state index contributed by atoms with van der Waals surface area (Å²) in [5, 5.41) is 14.7. The van der Waals surface area contributed by atoms with E-state index >= 15 is 0 Å². The molecule has 4 rings (SSSR count). The predicted octanol–water partition coefficient (Wildman–Crippen LogP) is 2.85. The number of imide groups is 1. The van der Waals surface area contributed by atoms with Gasteiger partial charge in [-0.15, -0.1) is 11.3 Å². The molecule has 32 heavy (non-hydrogen) atoms. The first kappa shape index (κ1) is 21.4. The molecule has 1 aliphatic heterocycles. The average Bonchev–Trinajstić information content (AvgIpc) is 3.40. The highest BCUT2D eigenvalue weighted by Gasteiger charge is 2.38. The fourth-order valence-corrected chi connectivity index (χ4v) is 4.50. The molecule has 0 saturated carbocycles. The lowest BCUT2D eigenvalue weighted by Gasteiger charge is -2.10. The second-order valence-corrected chi connectivity index (χ2v) is 9.06. The number of nitrogens with zero attached hydrogens (tertiary/aromatic N) is 6. The molecule has 2 amide bonds. The Hall–Kier alpha value is -3.84. The summed E-state index contributed by atoms with van der Waals surface area (Å²) >= 11 is 1.16. The highest BCUT2D eigenvalue weighted by Crippen LogP contribution is 2.22. The lowest BCUT2D eigenvalue weighted by molar-refractivity contribution is -0.127. The molecule has 1 aliphatic rings. The van der Waals surface area contributed by atoms with Crippen LogP contribution in [0.25, 0.3) is 0 Å². The molecule has 0 radical (unpaired) electrons. The normalized spacial score (nSPS) is 16.4. The van der Waals surface area contributed by atoms with Crippen molar-refractivity contribution < 1.29 is 18.0 Å². The predicted molar refractivity (Wildman–Crippen MR) is 116 cm³/mol. The van der Waals surface area contributed by atoms with Crippen LogP contribution in [0.5, 0.6) is 0 Å². The van der Waals surface area contributed by atoms with Gasteiger partial charge in [0.1, 0.15) is 0 Å². The Balaban J connectivity index is 1.46. The summed E-state index contributed by atoms with van der Waals surface area (Å²) in [6.07, 6.45) is 4.38. The van der Waals surface area contributed by atoms with Gasteiger partial charge in [0.25, 0.3) is 21.8 Å². The van der Waals surface area contributed by atoms with Crippen molar-refractivity contribution in [2.24, 2.45) is 15.3 Å². The molecule has 2 aromatic heterocycles. The Kier molecular flexibility index (Phi) is 5.83. The van der Waals surface area contributed by atoms with Crippen LogP contribution in [0.2, 0.25) is 0 Å². The third-order valence-electron chi connectivity index (χ3n) is 4.31. The van der Waals surface area contributed by atoms with E-state index in [2.05, 4.69) is 30.0 Å². The number of anilines is 1. The zero-order valence-electron chi connectivity index (χ0n) is 16.5. The molecule has 162 valence electrons. The number of hydrogen-bond donors (Lipinski definition) is 1. The van der Waals surface area contributed by atoms with Crippen molar-refractivity contribution in [2.75, 3.05) is 4.72 Å². The smallest absolute Gasteiger partial charge is 0.269 e. The first-order chi connectivity index (χ1) is 15.3. The van der Waals surface area contributed by atoms with E-state index in [0.29, 0.717) is 11.4 Å². The number of carbonyl (C=O) groups is 2. The van der Waals surface area contributed by atoms with Crippen LogP contribution in [0.3, 0.4) is 0 Å². The number of amides is 2. The first-order valence-electron chi connectivity index (χ1n) is 9.12. The lowest BCUT2D eigenvalue weighted by atomic mass is 10.2. The largest absolute Gasteiger partial charge is 0.282 e. The highest BCUT2D eigenvalue weighted by molar-refractivity contribution is 7.93. The van der Waals surface area contributed by atoms with E-state index < -0.39 is 27.9 Å². The average molecular weight is 470 g/mol. The van der Waals surface area contributed by atoms with Crippen LogP contribution in [0.15, 0.2) is 80.6 Å². The van der Waals surface area contributed by atoms with Gasteiger partial charge in [0.2, 0.25) is 0 Å². The summed E-state index contributed by atoms with van der Waals surface area (Å²) in [5.74, 6) is -1.21. The molecule has 0 fully saturated rings. The standard InChI is InChI=1S/C19H15N7O4S2/c1-12-16(18(28)26(24-12)17(27)13-6-8-20-9-7-13)23-22-14-2-4-15(5-3-14)32(29,30)25-19-21-10-11-31-19/h2-11,16H,1H3,(H,21,25)/t16-/m1/s1. The van der Waals surface area contributed by atoms with Crippen molar-refractivity contribution in [1.29, 1.82) is 0 Å². The van der Waals surface area contributed by atoms with Crippen LogP contribution >= 0.6 is 11.3 Å². The maximum atomic E-state index is 12.6. The Morgan fingerprint density at radius 2 is 1.84 bits per heavy atom. The molecule has 1 atom stereocenters. The number of sulfonamides is 1. The molecule has 0 unspecified atom stereocenters. The zero-order valence-corrected chi connectivity index (χ0v) is 18.1. The van der Waals surface area contributed by atoms with E-state index in [1.54, 1.807) is 12.3 Å². The number of hydrogen-bond acceptors (Lipinski definition) is 10. The maximum absolute atomic E-state index is 12.6. The van der Waals surface area contributed by atoms with E-state index in [1.807, 2.05) is 0 Å². The maximum Gasteiger partial charge on any atom is 0.282 e. The second kappa shape index (κ2) is 8.72. The molecular weight excluding hydrogens is 454 g/mol. The monoisotopic (exact) mass is 469 g/mol. The van der Waals surface area contributed by atoms with Crippen molar-refractivity contribution in [2.45, 2.75) is 17.9 Å². The summed E-state index contributed by atoms with van der Waals surface area (Å²) in [6.45, 7) is 1.57. The number of pyridine rings is 1. The Morgan fingerprint density at radius 3 is 2.50 bits per heavy atom. The van der Waals surface area contributed by atoms with Gasteiger partial charge in [-0.05, 0) is 43.3 Å². The van der Waals surface area contributed by atoms with Crippen LogP contribution in [0.4, 0.5) is 10.8 Å². The third-order valence-corrected chi connectivity index (χ3v) is 6.48. The molecule has 3 aromatic rings. The summed E-state index contributed by atoms with van der Waals surface area (Å²) in [6, 6.07) is 7.54. The van der Waals surface area contributed by atoms with Gasteiger partial charge in [-0.3, -0.25) is 19.3 Å². The Bertz CT molecular complexity index is 1310. The number of benzene rings is 1. The van der Waals surface area contributed by atoms with Gasteiger partial charge in [-0.25, -0.2) is 13.4 Å². The number of thiazole rings is 1. The van der Waals surface area contributed by atoms with E-state index in [-0.39, 0.29) is 15.6 Å². The van der Waals surface area contributed by atoms with Crippen LogP contribution < -0.4 is 4.72 Å². The summed E-state index contributed by atoms with van der Waals surface area (Å²) < 4.78 is 27.1. The molecule has 0 spiro atoms. The number of aromatic nitrogens is 2. The van der Waals surface area contributed by atoms with Crippen molar-refractivity contribution in [1.82, 2.24) is 15.0 Å². The van der Waals surface area contributed by atoms with Crippen LogP contribution in [0.1, 0.15) is 17.3 Å². The summed E-state index contributed by atoms with van der Waals surface area (Å²) in [4.78, 5) is 32.9. The van der Waals surface area contributed by atoms with Gasteiger partial charge >= 0.3 is 0 Å². The summed E-state index contributed by atoms with van der Waals surface area (Å²) in [5.41, 5.74) is 0.913. The van der Waals surface area contributed by atoms with Crippen LogP contribution in [-0.2, 0) is 14.8 Å². The molecule has 1 N–H and O–H groups in total. The van der Waals surface area contributed by atoms with Crippen LogP contribution in [0, 0.1) is 0 Å². The topological polar surface area (TPSA) is 146 Å². The van der Waals surface area contributed by atoms with Crippen molar-refractivity contribution in [3.8, 4) is 0 Å². The number of azo groups is 1. The SMILES string of the molecule is CC1=NN(C(=O)c2ccncc2)C(=O)[C@@H]1N=Nc1ccc(S(=O)(=O)Nc2nccs2)cc1. The quantitative estimate of drug-likeness (QED) is 0.434. The minimum absolute atomic E-state index is 0.0236. The number of carbonyl (C=O) groups excluding carboxylic acids is 2. The second-order valence-electron chi connectivity index (χ2n) is 6.49. The Morgan fingerprint density at radius 1 is 1.12 bits per heavy atom. The molecule has 0 aliphatic carbocycles. The highest BCUT2D eigenvalue weighted by atomic mass is 32.2. The van der Waals surface area contributed by atoms with Gasteiger partial charge in [-0.1, -0.05) is 0 Å². The number of hydrazone groups is 1. The molecule has 11 nitrogen and oxygen atoms in total. The first-order valence-corrected chi connectivity index (χ1v) is 11.5. The molecule has 3 heterocycles. The van der Waals surface area contributed by atoms with Crippen molar-refractivity contribution in [3.05, 3.63) is 65.9 Å². The zero-order chi connectivity index (χ0) is 22.7. The van der Waals surface area contributed by atoms with E-state index in [4.69, 9.17) is 0 Å². The lowest BCUT2D eigenvalue weighted by Crippen LogP contribution is -2.34. The minimum Gasteiger partial charge on any atom is -0.269 e. The number of nitrogens with one attached hydrogen (secondary N) is 1. The van der Waals surface area contributed by atoms with E-state index in [9.17, 15) is 18.0 Å². The van der Waals surface area contributed by atoms with Gasteiger partial charge in [0.15, 0.2) is 11.2 Å². The van der Waals surface area contributed by atoms with Crippen molar-refractivity contribution in [3.63, 3.8) is 0 Å². The van der Waals surface area contributed by atoms with Gasteiger partial charge in [-0.2, -0.15) is 20.3 Å². The third kappa shape index (κ3) is 4.43. The van der Waals surface area contributed by atoms with Gasteiger partial charge < -0.3 is 0 Å². The van der Waals surface area contributed by atoms with Crippen molar-refractivity contribution >= 4 is 49.7 Å². The molecule has 1 aromatic carbocycles. The fourth-order valence-electron chi connectivity index (χ4n) is 2.72. The molecule has 0 bridgehead atoms. The molecule has 0 saturated heterocycles. The fraction of sp³-hybridized carbons (Fsp3) is 0.105.